The van der Waals surface area contributed by atoms with Crippen molar-refractivity contribution in [2.75, 3.05) is 18.5 Å². The number of nitrogens with one attached hydrogen (secondary N) is 1. The van der Waals surface area contributed by atoms with Gasteiger partial charge in [0.25, 0.3) is 6.47 Å². The van der Waals surface area contributed by atoms with Crippen molar-refractivity contribution in [2.24, 2.45) is 5.92 Å². The molecule has 1 aromatic carbocycles. The molecule has 0 amide bonds. The average Bonchev–Trinajstić information content (AvgIpc) is 3.10. The predicted molar refractivity (Wildman–Crippen MR) is 100 cm³/mol. The van der Waals surface area contributed by atoms with E-state index in [2.05, 4.69) is 51.7 Å². The molecule has 2 atom stereocenters. The first kappa shape index (κ1) is 17.8. The van der Waals surface area contributed by atoms with Crippen LogP contribution < -0.4 is 5.32 Å². The van der Waals surface area contributed by atoms with Crippen molar-refractivity contribution < 1.29 is 14.6 Å². The molecule has 134 valence electrons. The highest BCUT2D eigenvalue weighted by atomic mass is 16.5. The lowest BCUT2D eigenvalue weighted by Gasteiger charge is -2.20. The summed E-state index contributed by atoms with van der Waals surface area (Å²) in [4.78, 5) is 17.0. The van der Waals surface area contributed by atoms with E-state index in [-0.39, 0.29) is 12.5 Å². The summed E-state index contributed by atoms with van der Waals surface area (Å²) in [7, 11) is 0. The van der Waals surface area contributed by atoms with Gasteiger partial charge in [0.15, 0.2) is 0 Å². The van der Waals surface area contributed by atoms with Gasteiger partial charge in [-0.2, -0.15) is 0 Å². The minimum Gasteiger partial charge on any atom is -0.483 e. The molecule has 1 saturated heterocycles. The number of ether oxygens (including phenoxy) is 1. The largest absolute Gasteiger partial charge is 0.483 e. The average molecular weight is 351 g/mol. The molecule has 6 nitrogen and oxygen atoms in total. The van der Waals surface area contributed by atoms with Crippen molar-refractivity contribution in [1.29, 1.82) is 0 Å². The van der Waals surface area contributed by atoms with Gasteiger partial charge in [-0.15, -0.1) is 0 Å². The van der Waals surface area contributed by atoms with E-state index in [1.807, 2.05) is 24.7 Å². The van der Waals surface area contributed by atoms with Crippen LogP contribution in [0.2, 0.25) is 0 Å². The molecule has 4 rings (SSSR count). The number of hydrogen-bond acceptors (Lipinski definition) is 5. The molecule has 1 aliphatic rings. The third kappa shape index (κ3) is 4.34. The minimum absolute atomic E-state index is 0.250. The second kappa shape index (κ2) is 8.92. The van der Waals surface area contributed by atoms with Gasteiger partial charge in [-0.05, 0) is 35.6 Å². The van der Waals surface area contributed by atoms with Gasteiger partial charge in [0.1, 0.15) is 5.82 Å². The number of anilines is 1. The van der Waals surface area contributed by atoms with Crippen LogP contribution in [0, 0.1) is 5.92 Å². The van der Waals surface area contributed by atoms with Gasteiger partial charge in [-0.25, -0.2) is 4.98 Å². The molecule has 0 radical (unpaired) electrons. The second-order valence-corrected chi connectivity index (χ2v) is 6.09. The van der Waals surface area contributed by atoms with Gasteiger partial charge in [0, 0.05) is 29.9 Å². The molecule has 3 heterocycles. The maximum absolute atomic E-state index is 8.36. The van der Waals surface area contributed by atoms with Crippen LogP contribution in [-0.4, -0.2) is 40.8 Å². The third-order valence-corrected chi connectivity index (χ3v) is 4.44. The Labute approximate surface area is 151 Å². The topological polar surface area (TPSA) is 84.3 Å². The number of carbonyl (C=O) groups is 1. The van der Waals surface area contributed by atoms with Crippen LogP contribution in [0.4, 0.5) is 5.82 Å². The molecule has 2 aromatic heterocycles. The van der Waals surface area contributed by atoms with Crippen LogP contribution in [0.1, 0.15) is 5.56 Å². The molecule has 0 saturated carbocycles. The maximum atomic E-state index is 8.36. The van der Waals surface area contributed by atoms with Gasteiger partial charge in [0.05, 0.1) is 19.3 Å². The summed E-state index contributed by atoms with van der Waals surface area (Å²) in [5.41, 5.74) is 1.30. The van der Waals surface area contributed by atoms with Gasteiger partial charge in [-0.3, -0.25) is 9.78 Å². The molecule has 0 aliphatic carbocycles. The number of fused-ring (bicyclic) bond motifs is 1. The highest BCUT2D eigenvalue weighted by Gasteiger charge is 2.28. The van der Waals surface area contributed by atoms with Crippen molar-refractivity contribution >= 4 is 23.1 Å². The van der Waals surface area contributed by atoms with Crippen molar-refractivity contribution in [2.45, 2.75) is 12.5 Å². The summed E-state index contributed by atoms with van der Waals surface area (Å²) in [6.07, 6.45) is 6.54. The molecule has 26 heavy (non-hydrogen) atoms. The van der Waals surface area contributed by atoms with Gasteiger partial charge in [0.2, 0.25) is 0 Å². The minimum atomic E-state index is -0.250. The van der Waals surface area contributed by atoms with Crippen molar-refractivity contribution in [1.82, 2.24) is 9.97 Å². The molecule has 0 unspecified atom stereocenters. The first-order chi connectivity index (χ1) is 12.8. The van der Waals surface area contributed by atoms with Crippen molar-refractivity contribution in [3.8, 4) is 0 Å². The highest BCUT2D eigenvalue weighted by molar-refractivity contribution is 5.91. The molecule has 0 bridgehead atoms. The van der Waals surface area contributed by atoms with Gasteiger partial charge in [-0.1, -0.05) is 24.3 Å². The van der Waals surface area contributed by atoms with E-state index in [0.29, 0.717) is 5.92 Å². The number of carboxylic acid groups (broad SMARTS) is 1. The maximum Gasteiger partial charge on any atom is 0.290 e. The Hall–Kier alpha value is -2.99. The highest BCUT2D eigenvalue weighted by Crippen LogP contribution is 2.26. The lowest BCUT2D eigenvalue weighted by atomic mass is 9.95. The Balaban J connectivity index is 0.000000613. The van der Waals surface area contributed by atoms with E-state index in [4.69, 9.17) is 14.6 Å². The number of hydrogen-bond donors (Lipinski definition) is 2. The van der Waals surface area contributed by atoms with Gasteiger partial charge >= 0.3 is 0 Å². The second-order valence-electron chi connectivity index (χ2n) is 6.09. The molecule has 6 heteroatoms. The number of nitrogens with zero attached hydrogens (tertiary/aromatic N) is 2. The SMILES string of the molecule is O=CO.c1ccc2c(N[C@@H]3COC[C@H]3Cc3ccncc3)nccc2c1. The summed E-state index contributed by atoms with van der Waals surface area (Å²) in [6.45, 7) is 1.26. The normalized spacial score (nSPS) is 18.8. The van der Waals surface area contributed by atoms with Crippen LogP contribution in [-0.2, 0) is 16.0 Å². The van der Waals surface area contributed by atoms with Gasteiger partial charge < -0.3 is 15.2 Å². The summed E-state index contributed by atoms with van der Waals surface area (Å²) in [6, 6.07) is 14.8. The van der Waals surface area contributed by atoms with Crippen LogP contribution in [0.5, 0.6) is 0 Å². The summed E-state index contributed by atoms with van der Waals surface area (Å²) in [5.74, 6) is 1.39. The van der Waals surface area contributed by atoms with E-state index < -0.39 is 0 Å². The Morgan fingerprint density at radius 1 is 1.12 bits per heavy atom. The molecular weight excluding hydrogens is 330 g/mol. The van der Waals surface area contributed by atoms with Crippen molar-refractivity contribution in [3.63, 3.8) is 0 Å². The van der Waals surface area contributed by atoms with E-state index >= 15 is 0 Å². The van der Waals surface area contributed by atoms with Crippen LogP contribution in [0.15, 0.2) is 61.1 Å². The molecular formula is C20H21N3O3. The lowest BCUT2D eigenvalue weighted by molar-refractivity contribution is -0.122. The first-order valence-electron chi connectivity index (χ1n) is 8.46. The monoisotopic (exact) mass is 351 g/mol. The summed E-state index contributed by atoms with van der Waals surface area (Å²) in [5, 5.41) is 12.9. The molecule has 3 aromatic rings. The zero-order valence-electron chi connectivity index (χ0n) is 14.3. The number of benzene rings is 1. The van der Waals surface area contributed by atoms with E-state index in [9.17, 15) is 0 Å². The zero-order valence-corrected chi connectivity index (χ0v) is 14.3. The smallest absolute Gasteiger partial charge is 0.290 e. The number of pyridine rings is 2. The Morgan fingerprint density at radius 2 is 1.88 bits per heavy atom. The standard InChI is InChI=1S/C19H19N3O.CH2O2/c1-2-4-17-15(3-1)7-10-21-19(17)22-18-13-23-12-16(18)11-14-5-8-20-9-6-14;2-1-3/h1-10,16,18H,11-13H2,(H,21,22);1H,(H,2,3)/t16-,18-;/m1./s1. The Morgan fingerprint density at radius 3 is 2.69 bits per heavy atom. The lowest BCUT2D eigenvalue weighted by Crippen LogP contribution is -2.29. The Bertz CT molecular complexity index is 837. The van der Waals surface area contributed by atoms with Crippen LogP contribution in [0.3, 0.4) is 0 Å². The number of aromatic nitrogens is 2. The fraction of sp³-hybridized carbons (Fsp3) is 0.250. The summed E-state index contributed by atoms with van der Waals surface area (Å²) >= 11 is 0. The quantitative estimate of drug-likeness (QED) is 0.703. The fourth-order valence-corrected chi connectivity index (χ4v) is 3.19. The van der Waals surface area contributed by atoms with Crippen molar-refractivity contribution in [3.05, 3.63) is 66.6 Å². The first-order valence-corrected chi connectivity index (χ1v) is 8.46. The van der Waals surface area contributed by atoms with Crippen LogP contribution >= 0.6 is 0 Å². The predicted octanol–water partition coefficient (Wildman–Crippen LogP) is 3.00. The fourth-order valence-electron chi connectivity index (χ4n) is 3.19. The van der Waals surface area contributed by atoms with E-state index in [0.717, 1.165) is 30.8 Å². The molecule has 1 aliphatic heterocycles. The van der Waals surface area contributed by atoms with Crippen LogP contribution in [0.25, 0.3) is 10.8 Å². The Kier molecular flexibility index (Phi) is 6.11. The molecule has 2 N–H and O–H groups in total. The molecule has 0 spiro atoms. The molecule has 1 fully saturated rings. The summed E-state index contributed by atoms with van der Waals surface area (Å²) < 4.78 is 5.72. The third-order valence-electron chi connectivity index (χ3n) is 4.44. The van der Waals surface area contributed by atoms with E-state index in [1.54, 1.807) is 0 Å². The number of rotatable bonds is 4. The zero-order chi connectivity index (χ0) is 18.2. The van der Waals surface area contributed by atoms with E-state index in [1.165, 1.54) is 10.9 Å².